The molecule has 4 heterocycles. The van der Waals surface area contributed by atoms with E-state index in [9.17, 15) is 17.6 Å². The number of rotatable bonds is 6. The van der Waals surface area contributed by atoms with Gasteiger partial charge in [0.25, 0.3) is 5.91 Å². The predicted octanol–water partition coefficient (Wildman–Crippen LogP) is 3.78. The normalized spacial score (nSPS) is 17.1. The summed E-state index contributed by atoms with van der Waals surface area (Å²) in [7, 11) is -3.55. The van der Waals surface area contributed by atoms with Gasteiger partial charge in [-0.3, -0.25) is 9.52 Å². The van der Waals surface area contributed by atoms with Crippen LogP contribution in [0.1, 0.15) is 47.2 Å². The molecule has 0 fully saturated rings. The maximum atomic E-state index is 15.3. The Bertz CT molecular complexity index is 1530. The van der Waals surface area contributed by atoms with Crippen molar-refractivity contribution in [2.45, 2.75) is 45.2 Å². The lowest BCUT2D eigenvalue weighted by Gasteiger charge is -2.37. The fourth-order valence-electron chi connectivity index (χ4n) is 5.01. The average Bonchev–Trinajstić information content (AvgIpc) is 3.24. The molecule has 3 aromatic rings. The number of aromatic nitrogens is 3. The molecule has 1 N–H and O–H groups in total. The van der Waals surface area contributed by atoms with Gasteiger partial charge in [-0.2, -0.15) is 0 Å². The molecule has 1 unspecified atom stereocenters. The molecule has 0 saturated heterocycles. The zero-order chi connectivity index (χ0) is 27.2. The van der Waals surface area contributed by atoms with Crippen LogP contribution in [-0.4, -0.2) is 53.2 Å². The minimum atomic E-state index is -3.55. The van der Waals surface area contributed by atoms with Crippen molar-refractivity contribution in [2.75, 3.05) is 24.1 Å². The number of hydrogen-bond acceptors (Lipinski definition) is 6. The molecular formula is C25H26ClF2N5O4S. The Morgan fingerprint density at radius 1 is 1.13 bits per heavy atom. The number of carbonyl (C=O) groups is 1. The number of sulfonamides is 1. The summed E-state index contributed by atoms with van der Waals surface area (Å²) in [5, 5.41) is -0.138. The number of ether oxygens (including phenoxy) is 1. The average molecular weight is 566 g/mol. The summed E-state index contributed by atoms with van der Waals surface area (Å²) in [4.78, 5) is 23.7. The van der Waals surface area contributed by atoms with Crippen LogP contribution in [0.4, 0.5) is 14.6 Å². The Morgan fingerprint density at radius 2 is 1.92 bits per heavy atom. The number of nitrogens with one attached hydrogen (secondary N) is 1. The lowest BCUT2D eigenvalue weighted by molar-refractivity contribution is -0.135. The number of nitrogens with zero attached hydrogens (tertiary/aromatic N) is 4. The van der Waals surface area contributed by atoms with E-state index in [1.807, 2.05) is 4.57 Å². The molecule has 2 aliphatic rings. The second-order valence-electron chi connectivity index (χ2n) is 9.46. The van der Waals surface area contributed by atoms with E-state index in [4.69, 9.17) is 21.3 Å². The highest BCUT2D eigenvalue weighted by molar-refractivity contribution is 7.92. The minimum Gasteiger partial charge on any atom is -0.481 e. The highest BCUT2D eigenvalue weighted by atomic mass is 35.5. The molecule has 38 heavy (non-hydrogen) atoms. The molecule has 202 valence electrons. The van der Waals surface area contributed by atoms with Crippen molar-refractivity contribution in [3.63, 3.8) is 0 Å². The van der Waals surface area contributed by atoms with E-state index in [1.54, 1.807) is 0 Å². The van der Waals surface area contributed by atoms with Gasteiger partial charge in [0, 0.05) is 31.5 Å². The third-order valence-corrected chi connectivity index (χ3v) is 7.58. The highest BCUT2D eigenvalue weighted by Crippen LogP contribution is 2.39. The molecule has 0 bridgehead atoms. The molecule has 9 nitrogen and oxygen atoms in total. The number of hydrogen-bond donors (Lipinski definition) is 1. The monoisotopic (exact) mass is 565 g/mol. The second-order valence-corrected chi connectivity index (χ2v) is 11.6. The van der Waals surface area contributed by atoms with Crippen molar-refractivity contribution in [1.29, 1.82) is 0 Å². The molecule has 2 aliphatic heterocycles. The van der Waals surface area contributed by atoms with Gasteiger partial charge in [0.2, 0.25) is 10.0 Å². The largest absolute Gasteiger partial charge is 0.481 e. The standard InChI is InChI=1S/C25H26ClF2N5O4S/c1-14-6-7-15(22(28)21(14)27)23-24-16(29-19-5-3-4-11-32(19)24)10-12-33(23)20(34)13-37-17-8-9-18(30-25(17)26)31-38(2,35)36/h6-9,23H,3-5,10-13H2,1-2H3,(H,30,31). The van der Waals surface area contributed by atoms with Crippen LogP contribution in [0.25, 0.3) is 0 Å². The SMILES string of the molecule is Cc1ccc(C2c3c(nc4n3CCCC4)CCN2C(=O)COc2ccc(NS(C)(=O)=O)nc2Cl)c(F)c1F. The van der Waals surface area contributed by atoms with Crippen LogP contribution in [0.2, 0.25) is 5.15 Å². The van der Waals surface area contributed by atoms with Gasteiger partial charge in [0.1, 0.15) is 17.7 Å². The lowest BCUT2D eigenvalue weighted by atomic mass is 9.93. The van der Waals surface area contributed by atoms with Crippen molar-refractivity contribution in [2.24, 2.45) is 0 Å². The number of halogens is 3. The van der Waals surface area contributed by atoms with Gasteiger partial charge in [0.05, 0.1) is 17.6 Å². The quantitative estimate of drug-likeness (QED) is 0.456. The third-order valence-electron chi connectivity index (χ3n) is 6.73. The van der Waals surface area contributed by atoms with Crippen molar-refractivity contribution in [3.05, 3.63) is 69.4 Å². The van der Waals surface area contributed by atoms with Gasteiger partial charge in [-0.25, -0.2) is 27.2 Å². The molecule has 0 spiro atoms. The first kappa shape index (κ1) is 26.4. The first-order valence-corrected chi connectivity index (χ1v) is 14.4. The van der Waals surface area contributed by atoms with Crippen LogP contribution in [0.5, 0.6) is 5.75 Å². The van der Waals surface area contributed by atoms with Crippen LogP contribution in [0.3, 0.4) is 0 Å². The summed E-state index contributed by atoms with van der Waals surface area (Å²) < 4.78 is 62.7. The van der Waals surface area contributed by atoms with Crippen LogP contribution in [0, 0.1) is 18.6 Å². The Morgan fingerprint density at radius 3 is 2.66 bits per heavy atom. The number of imidazole rings is 1. The van der Waals surface area contributed by atoms with Crippen LogP contribution >= 0.6 is 11.6 Å². The van der Waals surface area contributed by atoms with E-state index in [0.717, 1.165) is 37.0 Å². The van der Waals surface area contributed by atoms with Crippen molar-refractivity contribution in [1.82, 2.24) is 19.4 Å². The Balaban J connectivity index is 1.45. The number of aryl methyl sites for hydroxylation is 2. The van der Waals surface area contributed by atoms with Crippen molar-refractivity contribution >= 4 is 33.3 Å². The predicted molar refractivity (Wildman–Crippen MR) is 137 cm³/mol. The second kappa shape index (κ2) is 10.1. The molecular weight excluding hydrogens is 540 g/mol. The smallest absolute Gasteiger partial charge is 0.261 e. The van der Waals surface area contributed by atoms with Gasteiger partial charge >= 0.3 is 0 Å². The lowest BCUT2D eigenvalue weighted by Crippen LogP contribution is -2.44. The number of anilines is 1. The summed E-state index contributed by atoms with van der Waals surface area (Å²) in [5.41, 5.74) is 1.73. The van der Waals surface area contributed by atoms with Gasteiger partial charge in [-0.1, -0.05) is 23.7 Å². The van der Waals surface area contributed by atoms with E-state index in [-0.39, 0.29) is 34.4 Å². The Labute approximate surface area is 223 Å². The van der Waals surface area contributed by atoms with E-state index in [0.29, 0.717) is 18.7 Å². The molecule has 2 aromatic heterocycles. The van der Waals surface area contributed by atoms with E-state index in [2.05, 4.69) is 9.71 Å². The zero-order valence-corrected chi connectivity index (χ0v) is 22.4. The van der Waals surface area contributed by atoms with E-state index in [1.165, 1.54) is 36.1 Å². The fraction of sp³-hybridized carbons (Fsp3) is 0.400. The zero-order valence-electron chi connectivity index (χ0n) is 20.8. The molecule has 1 amide bonds. The Kier molecular flexibility index (Phi) is 7.03. The topological polar surface area (TPSA) is 106 Å². The number of benzene rings is 1. The molecule has 1 atom stereocenters. The van der Waals surface area contributed by atoms with Crippen LogP contribution in [-0.2, 0) is 34.2 Å². The fourth-order valence-corrected chi connectivity index (χ4v) is 5.71. The number of pyridine rings is 1. The molecule has 0 aliphatic carbocycles. The first-order chi connectivity index (χ1) is 18.0. The van der Waals surface area contributed by atoms with Gasteiger partial charge in [0.15, 0.2) is 29.1 Å². The Hall–Kier alpha value is -3.25. The molecule has 13 heteroatoms. The first-order valence-electron chi connectivity index (χ1n) is 12.1. The van der Waals surface area contributed by atoms with Crippen molar-refractivity contribution in [3.8, 4) is 5.75 Å². The third kappa shape index (κ3) is 5.06. The maximum absolute atomic E-state index is 15.3. The summed E-state index contributed by atoms with van der Waals surface area (Å²) in [6.45, 7) is 1.98. The minimum absolute atomic E-state index is 0.00202. The van der Waals surface area contributed by atoms with Gasteiger partial charge in [-0.15, -0.1) is 0 Å². The molecule has 1 aromatic carbocycles. The summed E-state index contributed by atoms with van der Waals surface area (Å²) >= 11 is 6.14. The molecule has 5 rings (SSSR count). The number of amides is 1. The van der Waals surface area contributed by atoms with Crippen molar-refractivity contribution < 1.29 is 26.7 Å². The highest BCUT2D eigenvalue weighted by Gasteiger charge is 2.39. The van der Waals surface area contributed by atoms with Crippen LogP contribution < -0.4 is 9.46 Å². The van der Waals surface area contributed by atoms with E-state index < -0.39 is 40.2 Å². The molecule has 0 saturated carbocycles. The number of carbonyl (C=O) groups excluding carboxylic acids is 1. The van der Waals surface area contributed by atoms with Crippen LogP contribution in [0.15, 0.2) is 24.3 Å². The van der Waals surface area contributed by atoms with E-state index >= 15 is 4.39 Å². The van der Waals surface area contributed by atoms with Gasteiger partial charge < -0.3 is 14.2 Å². The summed E-state index contributed by atoms with van der Waals surface area (Å²) in [6.07, 6.45) is 4.17. The summed E-state index contributed by atoms with van der Waals surface area (Å²) in [6, 6.07) is 4.90. The summed E-state index contributed by atoms with van der Waals surface area (Å²) in [5.74, 6) is -1.43. The number of fused-ring (bicyclic) bond motifs is 3. The van der Waals surface area contributed by atoms with Gasteiger partial charge in [-0.05, 0) is 37.5 Å². The maximum Gasteiger partial charge on any atom is 0.261 e. The molecule has 0 radical (unpaired) electrons.